The lowest BCUT2D eigenvalue weighted by Crippen LogP contribution is -2.14. The number of fused-ring (bicyclic) bond motifs is 1. The highest BCUT2D eigenvalue weighted by molar-refractivity contribution is 5.95. The second-order valence-electron chi connectivity index (χ2n) is 3.09. The molecule has 0 aliphatic carbocycles. The predicted molar refractivity (Wildman–Crippen MR) is 52.8 cm³/mol. The van der Waals surface area contributed by atoms with Crippen LogP contribution < -0.4 is 5.73 Å². The number of amides is 1. The van der Waals surface area contributed by atoms with E-state index in [-0.39, 0.29) is 0 Å². The first-order valence-corrected chi connectivity index (χ1v) is 4.19. The average molecular weight is 187 g/mol. The Morgan fingerprint density at radius 2 is 2.29 bits per heavy atom. The van der Waals surface area contributed by atoms with Crippen molar-refractivity contribution in [1.82, 2.24) is 9.97 Å². The van der Waals surface area contributed by atoms with Gasteiger partial charge in [-0.15, -0.1) is 0 Å². The highest BCUT2D eigenvalue weighted by Crippen LogP contribution is 2.14. The zero-order valence-electron chi connectivity index (χ0n) is 7.69. The van der Waals surface area contributed by atoms with Gasteiger partial charge in [0.15, 0.2) is 0 Å². The molecule has 0 fully saturated rings. The lowest BCUT2D eigenvalue weighted by atomic mass is 10.1. The van der Waals surface area contributed by atoms with Gasteiger partial charge in [-0.1, -0.05) is 0 Å². The van der Waals surface area contributed by atoms with Gasteiger partial charge in [0.05, 0.1) is 5.52 Å². The van der Waals surface area contributed by atoms with Crippen LogP contribution in [0.15, 0.2) is 24.5 Å². The van der Waals surface area contributed by atoms with E-state index >= 15 is 0 Å². The molecule has 0 aliphatic rings. The number of carbonyl (C=O) groups is 1. The van der Waals surface area contributed by atoms with Crippen LogP contribution in [0.4, 0.5) is 0 Å². The van der Waals surface area contributed by atoms with Crippen LogP contribution in [0.2, 0.25) is 0 Å². The molecular weight excluding hydrogens is 178 g/mol. The molecule has 0 radical (unpaired) electrons. The molecule has 0 unspecified atom stereocenters. The molecular formula is C10H9N3O. The topological polar surface area (TPSA) is 68.9 Å². The van der Waals surface area contributed by atoms with Crippen LogP contribution in [-0.2, 0) is 0 Å². The third kappa shape index (κ3) is 1.31. The minimum absolute atomic E-state index is 0.323. The van der Waals surface area contributed by atoms with E-state index in [1.54, 1.807) is 25.4 Å². The van der Waals surface area contributed by atoms with Crippen molar-refractivity contribution in [3.05, 3.63) is 35.8 Å². The summed E-state index contributed by atoms with van der Waals surface area (Å²) in [5.41, 5.74) is 7.02. The van der Waals surface area contributed by atoms with E-state index in [0.29, 0.717) is 5.69 Å². The molecule has 0 atom stereocenters. The Morgan fingerprint density at radius 1 is 1.50 bits per heavy atom. The minimum atomic E-state index is -0.499. The smallest absolute Gasteiger partial charge is 0.267 e. The number of pyridine rings is 2. The molecule has 1 amide bonds. The second-order valence-corrected chi connectivity index (χ2v) is 3.09. The van der Waals surface area contributed by atoms with E-state index < -0.39 is 5.91 Å². The number of hydrogen-bond donors (Lipinski definition) is 1. The summed E-state index contributed by atoms with van der Waals surface area (Å²) < 4.78 is 0. The Hall–Kier alpha value is -1.97. The van der Waals surface area contributed by atoms with Gasteiger partial charge < -0.3 is 5.73 Å². The Balaban J connectivity index is 2.77. The molecule has 4 heteroatoms. The number of rotatable bonds is 1. The summed E-state index contributed by atoms with van der Waals surface area (Å²) in [4.78, 5) is 19.1. The molecule has 2 aromatic heterocycles. The summed E-state index contributed by atoms with van der Waals surface area (Å²) in [6.45, 7) is 1.81. The molecule has 2 rings (SSSR count). The van der Waals surface area contributed by atoms with Gasteiger partial charge >= 0.3 is 0 Å². The SMILES string of the molecule is Cc1cc2cnccc2nc1C(N)=O. The highest BCUT2D eigenvalue weighted by atomic mass is 16.1. The Labute approximate surface area is 80.8 Å². The molecule has 0 saturated carbocycles. The van der Waals surface area contributed by atoms with Gasteiger partial charge in [0.1, 0.15) is 5.69 Å². The molecule has 0 aliphatic heterocycles. The maximum atomic E-state index is 11.0. The minimum Gasteiger partial charge on any atom is -0.364 e. The zero-order chi connectivity index (χ0) is 10.1. The summed E-state index contributed by atoms with van der Waals surface area (Å²) in [7, 11) is 0. The van der Waals surface area contributed by atoms with Crippen molar-refractivity contribution in [2.45, 2.75) is 6.92 Å². The van der Waals surface area contributed by atoms with Gasteiger partial charge in [-0.05, 0) is 24.6 Å². The van der Waals surface area contributed by atoms with Gasteiger partial charge in [0.2, 0.25) is 0 Å². The van der Waals surface area contributed by atoms with Crippen LogP contribution in [-0.4, -0.2) is 15.9 Å². The highest BCUT2D eigenvalue weighted by Gasteiger charge is 2.07. The van der Waals surface area contributed by atoms with Crippen LogP contribution in [0.25, 0.3) is 10.9 Å². The van der Waals surface area contributed by atoms with Crippen molar-refractivity contribution in [3.63, 3.8) is 0 Å². The Morgan fingerprint density at radius 3 is 3.00 bits per heavy atom. The van der Waals surface area contributed by atoms with Crippen LogP contribution >= 0.6 is 0 Å². The van der Waals surface area contributed by atoms with Crippen LogP contribution in [0.5, 0.6) is 0 Å². The quantitative estimate of drug-likeness (QED) is 0.725. The van der Waals surface area contributed by atoms with Gasteiger partial charge in [0, 0.05) is 17.8 Å². The van der Waals surface area contributed by atoms with Gasteiger partial charge in [-0.2, -0.15) is 0 Å². The molecule has 14 heavy (non-hydrogen) atoms. The van der Waals surface area contributed by atoms with E-state index in [4.69, 9.17) is 5.73 Å². The predicted octanol–water partition coefficient (Wildman–Crippen LogP) is 1.04. The van der Waals surface area contributed by atoms with E-state index in [2.05, 4.69) is 9.97 Å². The second kappa shape index (κ2) is 3.06. The third-order valence-corrected chi connectivity index (χ3v) is 2.04. The number of aryl methyl sites for hydroxylation is 1. The fraction of sp³-hybridized carbons (Fsp3) is 0.100. The third-order valence-electron chi connectivity index (χ3n) is 2.04. The van der Waals surface area contributed by atoms with Gasteiger partial charge in [-0.3, -0.25) is 9.78 Å². The molecule has 2 aromatic rings. The van der Waals surface area contributed by atoms with E-state index in [9.17, 15) is 4.79 Å². The van der Waals surface area contributed by atoms with E-state index in [1.807, 2.05) is 6.07 Å². The van der Waals surface area contributed by atoms with Crippen LogP contribution in [0.3, 0.4) is 0 Å². The maximum Gasteiger partial charge on any atom is 0.267 e. The number of nitrogens with zero attached hydrogens (tertiary/aromatic N) is 2. The largest absolute Gasteiger partial charge is 0.364 e. The first-order chi connectivity index (χ1) is 6.68. The normalized spacial score (nSPS) is 10.4. The lowest BCUT2D eigenvalue weighted by molar-refractivity contribution is 0.0995. The zero-order valence-corrected chi connectivity index (χ0v) is 7.69. The maximum absolute atomic E-state index is 11.0. The molecule has 4 nitrogen and oxygen atoms in total. The summed E-state index contributed by atoms with van der Waals surface area (Å²) >= 11 is 0. The Kier molecular flexibility index (Phi) is 1.89. The lowest BCUT2D eigenvalue weighted by Gasteiger charge is -2.02. The van der Waals surface area contributed by atoms with E-state index in [1.165, 1.54) is 0 Å². The molecule has 2 heterocycles. The van der Waals surface area contributed by atoms with Crippen molar-refractivity contribution in [2.24, 2.45) is 5.73 Å². The number of hydrogen-bond acceptors (Lipinski definition) is 3. The van der Waals surface area contributed by atoms with Crippen LogP contribution in [0, 0.1) is 6.92 Å². The van der Waals surface area contributed by atoms with E-state index in [0.717, 1.165) is 16.5 Å². The van der Waals surface area contributed by atoms with Gasteiger partial charge in [0.25, 0.3) is 5.91 Å². The monoisotopic (exact) mass is 187 g/mol. The summed E-state index contributed by atoms with van der Waals surface area (Å²) in [6.07, 6.45) is 3.34. The molecule has 0 spiro atoms. The first kappa shape index (κ1) is 8.62. The average Bonchev–Trinajstić information content (AvgIpc) is 2.16. The van der Waals surface area contributed by atoms with Crippen molar-refractivity contribution < 1.29 is 4.79 Å². The summed E-state index contributed by atoms with van der Waals surface area (Å²) in [5.74, 6) is -0.499. The molecule has 0 aromatic carbocycles. The summed E-state index contributed by atoms with van der Waals surface area (Å²) in [6, 6.07) is 3.61. The molecule has 0 bridgehead atoms. The number of primary amides is 1. The summed E-state index contributed by atoms with van der Waals surface area (Å²) in [5, 5.41) is 0.912. The van der Waals surface area contributed by atoms with Crippen molar-refractivity contribution in [2.75, 3.05) is 0 Å². The number of aromatic nitrogens is 2. The molecule has 70 valence electrons. The Bertz CT molecular complexity index is 508. The fourth-order valence-electron chi connectivity index (χ4n) is 1.37. The van der Waals surface area contributed by atoms with Crippen molar-refractivity contribution in [1.29, 1.82) is 0 Å². The number of nitrogens with two attached hydrogens (primary N) is 1. The van der Waals surface area contributed by atoms with Gasteiger partial charge in [-0.25, -0.2) is 4.98 Å². The standard InChI is InChI=1S/C10H9N3O/c1-6-4-7-5-12-3-2-8(7)13-9(6)10(11)14/h2-5H,1H3,(H2,11,14). The fourth-order valence-corrected chi connectivity index (χ4v) is 1.37. The van der Waals surface area contributed by atoms with Crippen molar-refractivity contribution >= 4 is 16.8 Å². The molecule has 0 saturated heterocycles. The first-order valence-electron chi connectivity index (χ1n) is 4.19. The van der Waals surface area contributed by atoms with Crippen LogP contribution in [0.1, 0.15) is 16.1 Å². The molecule has 2 N–H and O–H groups in total. The van der Waals surface area contributed by atoms with Crippen molar-refractivity contribution in [3.8, 4) is 0 Å². The number of carbonyl (C=O) groups excluding carboxylic acids is 1.